The Morgan fingerprint density at radius 2 is 1.36 bits per heavy atom. The van der Waals surface area contributed by atoms with E-state index in [-0.39, 0.29) is 23.3 Å². The minimum Gasteiger partial charge on any atom is -0.357 e. The zero-order valence-corrected chi connectivity index (χ0v) is 24.8. The quantitative estimate of drug-likeness (QED) is 0.319. The minimum absolute atomic E-state index is 0.233. The van der Waals surface area contributed by atoms with Crippen molar-refractivity contribution in [2.24, 2.45) is 5.73 Å². The van der Waals surface area contributed by atoms with Crippen LogP contribution in [0.2, 0.25) is 0 Å². The van der Waals surface area contributed by atoms with Gasteiger partial charge in [-0.05, 0) is 54.0 Å². The molecular formula is C35H42N4O3. The molecule has 0 radical (unpaired) electrons. The predicted octanol–water partition coefficient (Wildman–Crippen LogP) is 4.37. The van der Waals surface area contributed by atoms with Crippen molar-refractivity contribution in [3.05, 3.63) is 108 Å². The van der Waals surface area contributed by atoms with Gasteiger partial charge in [0.25, 0.3) is 0 Å². The van der Waals surface area contributed by atoms with E-state index in [9.17, 15) is 14.4 Å². The van der Waals surface area contributed by atoms with E-state index in [1.165, 1.54) is 15.9 Å². The molecule has 3 amide bonds. The number of amides is 3. The lowest BCUT2D eigenvalue weighted by molar-refractivity contribution is -0.146. The maximum atomic E-state index is 14.1. The summed E-state index contributed by atoms with van der Waals surface area (Å²) in [4.78, 5) is 43.4. The Hall–Kier alpha value is -4.23. The molecule has 0 unspecified atom stereocenters. The summed E-state index contributed by atoms with van der Waals surface area (Å²) < 4.78 is 0. The van der Waals surface area contributed by atoms with Gasteiger partial charge in [-0.3, -0.25) is 14.4 Å². The first-order chi connectivity index (χ1) is 20.2. The van der Waals surface area contributed by atoms with Crippen LogP contribution in [0.1, 0.15) is 36.8 Å². The summed E-state index contributed by atoms with van der Waals surface area (Å²) in [5, 5.41) is 2.70. The second-order valence-corrected chi connectivity index (χ2v) is 11.3. The molecule has 3 aromatic carbocycles. The average Bonchev–Trinajstić information content (AvgIpc) is 3.01. The van der Waals surface area contributed by atoms with Gasteiger partial charge in [-0.25, -0.2) is 0 Å². The molecule has 7 heteroatoms. The molecule has 0 saturated heterocycles. The van der Waals surface area contributed by atoms with E-state index in [2.05, 4.69) is 17.4 Å². The van der Waals surface area contributed by atoms with Gasteiger partial charge in [0.2, 0.25) is 17.7 Å². The van der Waals surface area contributed by atoms with Gasteiger partial charge >= 0.3 is 0 Å². The van der Waals surface area contributed by atoms with Crippen LogP contribution in [0.5, 0.6) is 0 Å². The molecule has 2 atom stereocenters. The van der Waals surface area contributed by atoms with E-state index >= 15 is 0 Å². The van der Waals surface area contributed by atoms with Gasteiger partial charge in [0, 0.05) is 39.5 Å². The molecule has 0 spiro atoms. The molecule has 0 heterocycles. The molecule has 1 aliphatic rings. The molecule has 0 aliphatic heterocycles. The highest BCUT2D eigenvalue weighted by molar-refractivity contribution is 5.95. The Balaban J connectivity index is 1.58. The van der Waals surface area contributed by atoms with E-state index in [1.807, 2.05) is 78.9 Å². The lowest BCUT2D eigenvalue weighted by Crippen LogP contribution is -2.55. The molecule has 0 bridgehead atoms. The maximum absolute atomic E-state index is 14.1. The second kappa shape index (κ2) is 14.1. The largest absolute Gasteiger partial charge is 0.357 e. The van der Waals surface area contributed by atoms with Crippen LogP contribution < -0.4 is 11.1 Å². The monoisotopic (exact) mass is 566 g/mol. The van der Waals surface area contributed by atoms with Crippen LogP contribution in [0.3, 0.4) is 0 Å². The van der Waals surface area contributed by atoms with Crippen LogP contribution in [0.25, 0.3) is 11.1 Å². The van der Waals surface area contributed by atoms with Crippen molar-refractivity contribution in [2.45, 2.75) is 56.1 Å². The third-order valence-electron chi connectivity index (χ3n) is 8.36. The Morgan fingerprint density at radius 1 is 0.810 bits per heavy atom. The number of carbonyl (C=O) groups excluding carboxylic acids is 3. The number of hydrogen-bond donors (Lipinski definition) is 2. The molecule has 3 aromatic rings. The summed E-state index contributed by atoms with van der Waals surface area (Å²) >= 11 is 0. The topological polar surface area (TPSA) is 95.7 Å². The fraction of sp³-hybridized carbons (Fsp3) is 0.343. The number of likely N-dealkylation sites (N-methyl/N-ethyl adjacent to an activating group) is 3. The first kappa shape index (κ1) is 30.7. The number of nitrogens with one attached hydrogen (secondary N) is 1. The lowest BCUT2D eigenvalue weighted by atomic mass is 9.75. The van der Waals surface area contributed by atoms with E-state index < -0.39 is 12.1 Å². The highest BCUT2D eigenvalue weighted by Crippen LogP contribution is 2.32. The predicted molar refractivity (Wildman–Crippen MR) is 167 cm³/mol. The third kappa shape index (κ3) is 7.74. The van der Waals surface area contributed by atoms with Crippen LogP contribution in [-0.4, -0.2) is 66.3 Å². The molecule has 4 rings (SSSR count). The smallest absolute Gasteiger partial charge is 0.246 e. The average molecular weight is 567 g/mol. The van der Waals surface area contributed by atoms with Crippen molar-refractivity contribution in [3.63, 3.8) is 0 Å². The summed E-state index contributed by atoms with van der Waals surface area (Å²) in [7, 11) is 4.85. The van der Waals surface area contributed by atoms with Crippen LogP contribution in [0.4, 0.5) is 0 Å². The third-order valence-corrected chi connectivity index (χ3v) is 8.36. The molecular weight excluding hydrogens is 524 g/mol. The van der Waals surface area contributed by atoms with Gasteiger partial charge < -0.3 is 20.9 Å². The fourth-order valence-corrected chi connectivity index (χ4v) is 5.38. The van der Waals surface area contributed by atoms with Gasteiger partial charge in [0.1, 0.15) is 12.1 Å². The van der Waals surface area contributed by atoms with E-state index in [0.29, 0.717) is 19.3 Å². The number of carbonyl (C=O) groups is 3. The van der Waals surface area contributed by atoms with Gasteiger partial charge in [0.05, 0.1) is 0 Å². The van der Waals surface area contributed by atoms with Crippen molar-refractivity contribution in [2.75, 3.05) is 21.1 Å². The van der Waals surface area contributed by atoms with Gasteiger partial charge in [-0.2, -0.15) is 0 Å². The SMILES string of the molecule is CNC(=O)[C@H](Cc1ccccc1)N(C)C(=O)[C@H](Cc1ccc(-c2ccccc2)cc1)N(C)C(=O)/C=C/CC1(N)CCC1. The number of rotatable bonds is 12. The van der Waals surface area contributed by atoms with Crippen molar-refractivity contribution >= 4 is 17.7 Å². The van der Waals surface area contributed by atoms with Gasteiger partial charge in [-0.1, -0.05) is 91.0 Å². The highest BCUT2D eigenvalue weighted by atomic mass is 16.2. The van der Waals surface area contributed by atoms with Gasteiger partial charge in [0.15, 0.2) is 0 Å². The van der Waals surface area contributed by atoms with Crippen LogP contribution >= 0.6 is 0 Å². The van der Waals surface area contributed by atoms with Crippen LogP contribution in [0.15, 0.2) is 97.1 Å². The standard InChI is InChI=1S/C35H42N4O3/c1-37-33(41)30(24-26-12-6-4-7-13-26)39(3)34(42)31(38(2)32(40)16-10-21-35(36)22-11-23-35)25-27-17-19-29(20-18-27)28-14-8-5-9-15-28/h4-10,12-20,30-31H,11,21-25,36H2,1-3H3,(H,37,41)/b16-10+/t30-,31-/m0/s1. The van der Waals surface area contributed by atoms with Crippen LogP contribution in [0, 0.1) is 0 Å². The first-order valence-electron chi connectivity index (χ1n) is 14.6. The summed E-state index contributed by atoms with van der Waals surface area (Å²) in [6, 6.07) is 26.2. The summed E-state index contributed by atoms with van der Waals surface area (Å²) in [5.74, 6) is -0.835. The molecule has 7 nitrogen and oxygen atoms in total. The van der Waals surface area contributed by atoms with Crippen molar-refractivity contribution in [1.82, 2.24) is 15.1 Å². The van der Waals surface area contributed by atoms with E-state index in [0.717, 1.165) is 41.5 Å². The minimum atomic E-state index is -0.812. The molecule has 3 N–H and O–H groups in total. The first-order valence-corrected chi connectivity index (χ1v) is 14.6. The Labute approximate surface area is 249 Å². The molecule has 1 saturated carbocycles. The summed E-state index contributed by atoms with van der Waals surface area (Å²) in [6.45, 7) is 0. The zero-order valence-electron chi connectivity index (χ0n) is 24.8. The number of hydrogen-bond acceptors (Lipinski definition) is 4. The fourth-order valence-electron chi connectivity index (χ4n) is 5.38. The Morgan fingerprint density at radius 3 is 1.93 bits per heavy atom. The van der Waals surface area contributed by atoms with Crippen molar-refractivity contribution in [1.29, 1.82) is 0 Å². The highest BCUT2D eigenvalue weighted by Gasteiger charge is 2.35. The van der Waals surface area contributed by atoms with Gasteiger partial charge in [-0.15, -0.1) is 0 Å². The van der Waals surface area contributed by atoms with Crippen LogP contribution in [-0.2, 0) is 27.2 Å². The lowest BCUT2D eigenvalue weighted by Gasteiger charge is -2.37. The van der Waals surface area contributed by atoms with Crippen molar-refractivity contribution < 1.29 is 14.4 Å². The number of nitrogens with two attached hydrogens (primary N) is 1. The molecule has 0 aromatic heterocycles. The Kier molecular flexibility index (Phi) is 10.3. The molecule has 1 aliphatic carbocycles. The zero-order chi connectivity index (χ0) is 30.1. The number of benzene rings is 3. The molecule has 42 heavy (non-hydrogen) atoms. The van der Waals surface area contributed by atoms with E-state index in [4.69, 9.17) is 5.73 Å². The maximum Gasteiger partial charge on any atom is 0.246 e. The summed E-state index contributed by atoms with van der Waals surface area (Å²) in [6.07, 6.45) is 7.65. The Bertz CT molecular complexity index is 1370. The second-order valence-electron chi connectivity index (χ2n) is 11.3. The number of nitrogens with zero attached hydrogens (tertiary/aromatic N) is 2. The van der Waals surface area contributed by atoms with Crippen molar-refractivity contribution in [3.8, 4) is 11.1 Å². The molecule has 1 fully saturated rings. The molecule has 220 valence electrons. The van der Waals surface area contributed by atoms with E-state index in [1.54, 1.807) is 21.1 Å². The normalized spacial score (nSPS) is 15.3. The summed E-state index contributed by atoms with van der Waals surface area (Å²) in [5.41, 5.74) is 10.1.